The van der Waals surface area contributed by atoms with Gasteiger partial charge in [-0.3, -0.25) is 5.10 Å². The minimum Gasteiger partial charge on any atom is -0.256 e. The summed E-state index contributed by atoms with van der Waals surface area (Å²) in [6.45, 7) is 0. The molecule has 1 aliphatic carbocycles. The predicted octanol–water partition coefficient (Wildman–Crippen LogP) is 2.43. The highest BCUT2D eigenvalue weighted by atomic mass is 15.2. The molecule has 0 saturated heterocycles. The zero-order valence-corrected chi connectivity index (χ0v) is 7.92. The molecule has 0 atom stereocenters. The third-order valence-electron chi connectivity index (χ3n) is 2.86. The third-order valence-corrected chi connectivity index (χ3v) is 2.86. The normalized spacial score (nSPS) is 20.9. The molecule has 13 heavy (non-hydrogen) atoms. The maximum Gasteiger partial charge on any atom is 0.193 e. The fourth-order valence-corrected chi connectivity index (χ4v) is 2.09. The second-order valence-corrected chi connectivity index (χ2v) is 3.85. The lowest BCUT2D eigenvalue weighted by molar-refractivity contribution is 0.443. The zero-order chi connectivity index (χ0) is 8.93. The first-order valence-electron chi connectivity index (χ1n) is 5.25. The zero-order valence-electron chi connectivity index (χ0n) is 7.92. The van der Waals surface area contributed by atoms with Gasteiger partial charge >= 0.3 is 0 Å². The van der Waals surface area contributed by atoms with Gasteiger partial charge in [0.15, 0.2) is 12.2 Å². The lowest BCUT2D eigenvalue weighted by atomic mass is 9.91. The molecule has 1 aliphatic rings. The first kappa shape index (κ1) is 8.73. The van der Waals surface area contributed by atoms with E-state index in [0.29, 0.717) is 5.92 Å². The lowest BCUT2D eigenvalue weighted by Crippen LogP contribution is -2.04. The van der Waals surface area contributed by atoms with Gasteiger partial charge in [0.1, 0.15) is 0 Å². The fourth-order valence-electron chi connectivity index (χ4n) is 2.09. The Kier molecular flexibility index (Phi) is 2.95. The summed E-state index contributed by atoms with van der Waals surface area (Å²) in [4.78, 5) is 4.12. The molecule has 0 bridgehead atoms. The molecule has 1 saturated carbocycles. The Balaban J connectivity index is 1.96. The van der Waals surface area contributed by atoms with Crippen molar-refractivity contribution < 1.29 is 0 Å². The number of aromatic nitrogens is 3. The molecule has 3 nitrogen and oxygen atoms in total. The molecule has 0 spiro atoms. The van der Waals surface area contributed by atoms with Gasteiger partial charge in [0.05, 0.1) is 0 Å². The summed E-state index contributed by atoms with van der Waals surface area (Å²) < 4.78 is 0. The van der Waals surface area contributed by atoms with Crippen LogP contribution in [0.25, 0.3) is 0 Å². The van der Waals surface area contributed by atoms with E-state index in [2.05, 4.69) is 21.5 Å². The molecule has 0 amide bonds. The number of hydrogen-bond donors (Lipinski definition) is 1. The Morgan fingerprint density at radius 2 is 1.77 bits per heavy atom. The van der Waals surface area contributed by atoms with Crippen molar-refractivity contribution in [3.8, 4) is 0 Å². The summed E-state index contributed by atoms with van der Waals surface area (Å²) >= 11 is 0. The Hall–Kier alpha value is -0.860. The van der Waals surface area contributed by atoms with Crippen LogP contribution in [-0.4, -0.2) is 15.2 Å². The van der Waals surface area contributed by atoms with Crippen LogP contribution < -0.4 is 0 Å². The van der Waals surface area contributed by atoms with Crippen molar-refractivity contribution in [3.63, 3.8) is 0 Å². The van der Waals surface area contributed by atoms with Crippen molar-refractivity contribution in [2.24, 2.45) is 0 Å². The number of aromatic amines is 1. The molecule has 0 aliphatic heterocycles. The number of nitrogens with zero attached hydrogens (tertiary/aromatic N) is 2. The minimum absolute atomic E-state index is 0.586. The van der Waals surface area contributed by atoms with Crippen LogP contribution in [0.2, 0.25) is 0 Å². The average molecular weight is 178 g/mol. The second-order valence-electron chi connectivity index (χ2n) is 3.85. The average Bonchev–Trinajstić information content (AvgIpc) is 2.55. The van der Waals surface area contributed by atoms with Gasteiger partial charge in [-0.1, -0.05) is 32.1 Å². The van der Waals surface area contributed by atoms with Crippen LogP contribution >= 0.6 is 0 Å². The van der Waals surface area contributed by atoms with Gasteiger partial charge in [0, 0.05) is 5.92 Å². The van der Waals surface area contributed by atoms with Crippen LogP contribution in [0.3, 0.4) is 0 Å². The largest absolute Gasteiger partial charge is 0.256 e. The van der Waals surface area contributed by atoms with E-state index >= 15 is 0 Å². The van der Waals surface area contributed by atoms with Crippen molar-refractivity contribution in [2.45, 2.75) is 50.9 Å². The summed E-state index contributed by atoms with van der Waals surface area (Å²) in [5, 5.41) is 6.80. The number of H-pyrrole nitrogens is 1. The molecule has 1 aromatic rings. The monoisotopic (exact) mass is 178 g/mol. The van der Waals surface area contributed by atoms with Crippen LogP contribution in [0.4, 0.5) is 0 Å². The molecule has 3 heteroatoms. The van der Waals surface area contributed by atoms with Gasteiger partial charge in [-0.25, -0.2) is 4.98 Å². The Bertz CT molecular complexity index is 222. The molecule has 1 heterocycles. The highest BCUT2D eigenvalue weighted by molar-refractivity contribution is 4.92. The van der Waals surface area contributed by atoms with Crippen molar-refractivity contribution >= 4 is 0 Å². The number of nitrogens with one attached hydrogen (secondary N) is 1. The summed E-state index contributed by atoms with van der Waals surface area (Å²) in [5.41, 5.74) is 0. The maximum absolute atomic E-state index is 4.12. The summed E-state index contributed by atoms with van der Waals surface area (Å²) in [5.74, 6) is 1.56. The summed E-state index contributed by atoms with van der Waals surface area (Å²) in [6.07, 6.45) is 12.0. The molecule has 1 N–H and O–H groups in total. The van der Waals surface area contributed by atoms with Crippen LogP contribution in [0.5, 0.6) is 0 Å². The van der Waals surface area contributed by atoms with E-state index in [4.69, 9.17) is 0 Å². The number of hydrogen-bond acceptors (Lipinski definition) is 2. The summed E-state index contributed by atoms with van der Waals surface area (Å²) in [6, 6.07) is 0. The van der Waals surface area contributed by atoms with Crippen LogP contribution in [-0.2, 0) is 0 Å². The van der Waals surface area contributed by atoms with Gasteiger partial charge in [-0.05, 0) is 12.8 Å². The van der Waals surface area contributed by atoms with E-state index in [1.807, 2.05) is 0 Å². The van der Waals surface area contributed by atoms with Crippen molar-refractivity contribution in [2.75, 3.05) is 0 Å². The first-order valence-corrected chi connectivity index (χ1v) is 5.25. The molecule has 0 unspecified atom stereocenters. The molecule has 71 valence electrons. The molecule has 1 aromatic heterocycles. The van der Waals surface area contributed by atoms with Gasteiger partial charge in [0.25, 0.3) is 0 Å². The maximum atomic E-state index is 4.12. The number of rotatable bonds is 1. The molecule has 0 aromatic carbocycles. The topological polar surface area (TPSA) is 41.6 Å². The molecule has 1 fully saturated rings. The van der Waals surface area contributed by atoms with E-state index in [1.54, 1.807) is 0 Å². The van der Waals surface area contributed by atoms with E-state index in [0.717, 1.165) is 5.82 Å². The smallest absolute Gasteiger partial charge is 0.193 e. The van der Waals surface area contributed by atoms with Gasteiger partial charge < -0.3 is 0 Å². The van der Waals surface area contributed by atoms with E-state index < -0.39 is 0 Å². The first-order chi connectivity index (χ1) is 6.47. The highest BCUT2D eigenvalue weighted by Crippen LogP contribution is 2.28. The van der Waals surface area contributed by atoms with Crippen molar-refractivity contribution in [3.05, 3.63) is 12.2 Å². The highest BCUT2D eigenvalue weighted by Gasteiger charge is 2.16. The molecule has 1 radical (unpaired) electrons. The fraction of sp³-hybridized carbons (Fsp3) is 0.800. The van der Waals surface area contributed by atoms with Crippen molar-refractivity contribution in [1.29, 1.82) is 0 Å². The van der Waals surface area contributed by atoms with E-state index in [1.165, 1.54) is 44.9 Å². The quantitative estimate of drug-likeness (QED) is 0.717. The van der Waals surface area contributed by atoms with Crippen LogP contribution in [0.15, 0.2) is 0 Å². The predicted molar refractivity (Wildman–Crippen MR) is 50.3 cm³/mol. The summed E-state index contributed by atoms with van der Waals surface area (Å²) in [7, 11) is 0. The van der Waals surface area contributed by atoms with Gasteiger partial charge in [0.2, 0.25) is 0 Å². The van der Waals surface area contributed by atoms with Crippen LogP contribution in [0, 0.1) is 6.33 Å². The van der Waals surface area contributed by atoms with Crippen molar-refractivity contribution in [1.82, 2.24) is 15.2 Å². The molecular weight excluding hydrogens is 162 g/mol. The second kappa shape index (κ2) is 4.40. The molecular formula is C10H16N3. The minimum atomic E-state index is 0.586. The van der Waals surface area contributed by atoms with Crippen LogP contribution in [0.1, 0.15) is 56.7 Å². The van der Waals surface area contributed by atoms with E-state index in [-0.39, 0.29) is 0 Å². The standard InChI is InChI=1S/C10H16N3/c1-2-4-6-9(7-5-3-1)10-11-8-12-13-10/h9H,1-7H2,(H,11,12,13). The van der Waals surface area contributed by atoms with E-state index in [9.17, 15) is 0 Å². The van der Waals surface area contributed by atoms with Gasteiger partial charge in [-0.2, -0.15) is 5.10 Å². The lowest BCUT2D eigenvalue weighted by Gasteiger charge is -2.16. The third kappa shape index (κ3) is 2.29. The van der Waals surface area contributed by atoms with Gasteiger partial charge in [-0.15, -0.1) is 0 Å². The molecule has 2 rings (SSSR count). The Morgan fingerprint density at radius 1 is 1.08 bits per heavy atom. The SMILES string of the molecule is [c]1nc(C2CCCCCCC2)n[nH]1. The Morgan fingerprint density at radius 3 is 2.38 bits per heavy atom. The Labute approximate surface area is 79.0 Å².